The summed E-state index contributed by atoms with van der Waals surface area (Å²) in [5, 5.41) is 0. The summed E-state index contributed by atoms with van der Waals surface area (Å²) < 4.78 is 12.4. The van der Waals surface area contributed by atoms with Crippen LogP contribution in [0.25, 0.3) is 0 Å². The number of rotatable bonds is 1. The third-order valence-electron chi connectivity index (χ3n) is 1.23. The van der Waals surface area contributed by atoms with Crippen LogP contribution in [0.4, 0.5) is 4.39 Å². The number of benzene rings is 1. The Morgan fingerprint density at radius 2 is 2.00 bits per heavy atom. The molecule has 0 unspecified atom stereocenters. The highest BCUT2D eigenvalue weighted by Gasteiger charge is 1.87. The molecule has 2 N–H and O–H groups in total. The lowest BCUT2D eigenvalue weighted by Crippen LogP contribution is -1.97. The van der Waals surface area contributed by atoms with Gasteiger partial charge in [-0.05, 0) is 24.3 Å². The second-order valence-corrected chi connectivity index (χ2v) is 2.12. The lowest BCUT2D eigenvalue weighted by molar-refractivity contribution is 0.173. The summed E-state index contributed by atoms with van der Waals surface area (Å²) >= 11 is 0. The first kappa shape index (κ1) is 8.72. The molecule has 0 aliphatic carbocycles. The molecule has 0 aliphatic rings. The van der Waals surface area contributed by atoms with Crippen molar-refractivity contribution in [2.24, 2.45) is 5.90 Å². The number of nitrogens with two attached hydrogens (primary N) is 1. The van der Waals surface area contributed by atoms with Crippen LogP contribution in [0, 0.1) is 17.7 Å². The van der Waals surface area contributed by atoms with Gasteiger partial charge in [0.2, 0.25) is 0 Å². The fourth-order valence-electron chi connectivity index (χ4n) is 0.713. The first-order valence-electron chi connectivity index (χ1n) is 3.39. The van der Waals surface area contributed by atoms with Gasteiger partial charge in [0.25, 0.3) is 0 Å². The Morgan fingerprint density at radius 1 is 1.33 bits per heavy atom. The van der Waals surface area contributed by atoms with Crippen LogP contribution in [-0.2, 0) is 4.84 Å². The first-order valence-corrected chi connectivity index (χ1v) is 3.39. The van der Waals surface area contributed by atoms with E-state index in [1.54, 1.807) is 12.1 Å². The molecule has 0 spiro atoms. The lowest BCUT2D eigenvalue weighted by Gasteiger charge is -1.88. The Kier molecular flexibility index (Phi) is 3.27. The zero-order chi connectivity index (χ0) is 8.81. The molecular weight excluding hydrogens is 157 g/mol. The second kappa shape index (κ2) is 4.50. The Bertz CT molecular complexity index is 297. The van der Waals surface area contributed by atoms with Gasteiger partial charge in [0.15, 0.2) is 0 Å². The van der Waals surface area contributed by atoms with Crippen molar-refractivity contribution < 1.29 is 9.23 Å². The largest absolute Gasteiger partial charge is 0.292 e. The molecule has 62 valence electrons. The van der Waals surface area contributed by atoms with E-state index < -0.39 is 0 Å². The molecular formula is C9H8FNO. The van der Waals surface area contributed by atoms with Crippen LogP contribution in [0.2, 0.25) is 0 Å². The standard InChI is InChI=1S/C9H8FNO/c10-9-5-3-8(4-6-9)2-1-7-12-11/h3-6H,7,11H2. The van der Waals surface area contributed by atoms with E-state index >= 15 is 0 Å². The Morgan fingerprint density at radius 3 is 2.58 bits per heavy atom. The molecule has 0 bridgehead atoms. The topological polar surface area (TPSA) is 35.2 Å². The van der Waals surface area contributed by atoms with Crippen LogP contribution < -0.4 is 5.90 Å². The van der Waals surface area contributed by atoms with E-state index in [0.29, 0.717) is 0 Å². The third-order valence-corrected chi connectivity index (χ3v) is 1.23. The van der Waals surface area contributed by atoms with Gasteiger partial charge in [-0.25, -0.2) is 10.3 Å². The van der Waals surface area contributed by atoms with Gasteiger partial charge in [-0.2, -0.15) is 0 Å². The van der Waals surface area contributed by atoms with Crippen molar-refractivity contribution in [2.75, 3.05) is 6.61 Å². The van der Waals surface area contributed by atoms with Crippen LogP contribution in [0.3, 0.4) is 0 Å². The van der Waals surface area contributed by atoms with Crippen molar-refractivity contribution in [3.8, 4) is 11.8 Å². The molecule has 0 heterocycles. The fourth-order valence-corrected chi connectivity index (χ4v) is 0.713. The predicted octanol–water partition coefficient (Wildman–Crippen LogP) is 1.07. The van der Waals surface area contributed by atoms with Crippen molar-refractivity contribution in [1.29, 1.82) is 0 Å². The average molecular weight is 165 g/mol. The summed E-state index contributed by atoms with van der Waals surface area (Å²) in [5.41, 5.74) is 0.744. The number of hydrogen-bond acceptors (Lipinski definition) is 2. The van der Waals surface area contributed by atoms with Gasteiger partial charge in [-0.3, -0.25) is 4.84 Å². The van der Waals surface area contributed by atoms with Gasteiger partial charge in [0.05, 0.1) is 0 Å². The minimum absolute atomic E-state index is 0.178. The Balaban J connectivity index is 2.66. The van der Waals surface area contributed by atoms with Gasteiger partial charge in [-0.15, -0.1) is 0 Å². The summed E-state index contributed by atoms with van der Waals surface area (Å²) in [5.74, 6) is 9.89. The van der Waals surface area contributed by atoms with Crippen LogP contribution in [0.1, 0.15) is 5.56 Å². The van der Waals surface area contributed by atoms with Crippen LogP contribution in [0.5, 0.6) is 0 Å². The minimum Gasteiger partial charge on any atom is -0.292 e. The van der Waals surface area contributed by atoms with Gasteiger partial charge < -0.3 is 0 Å². The molecule has 1 rings (SSSR count). The molecule has 0 saturated heterocycles. The van der Waals surface area contributed by atoms with E-state index in [0.717, 1.165) is 5.56 Å². The normalized spacial score (nSPS) is 8.83. The van der Waals surface area contributed by atoms with Crippen molar-refractivity contribution in [3.05, 3.63) is 35.6 Å². The van der Waals surface area contributed by atoms with Crippen LogP contribution in [-0.4, -0.2) is 6.61 Å². The summed E-state index contributed by atoms with van der Waals surface area (Å²) in [6.45, 7) is 0.178. The van der Waals surface area contributed by atoms with Crippen molar-refractivity contribution in [1.82, 2.24) is 0 Å². The Labute approximate surface area is 70.1 Å². The molecule has 12 heavy (non-hydrogen) atoms. The predicted molar refractivity (Wildman–Crippen MR) is 43.4 cm³/mol. The number of halogens is 1. The van der Waals surface area contributed by atoms with Gasteiger partial charge in [0, 0.05) is 5.56 Å². The maximum Gasteiger partial charge on any atom is 0.129 e. The fraction of sp³-hybridized carbons (Fsp3) is 0.111. The molecule has 0 aliphatic heterocycles. The summed E-state index contributed by atoms with van der Waals surface area (Å²) in [4.78, 5) is 4.24. The molecule has 2 nitrogen and oxygen atoms in total. The molecule has 0 fully saturated rings. The van der Waals surface area contributed by atoms with E-state index in [1.165, 1.54) is 12.1 Å². The highest BCUT2D eigenvalue weighted by molar-refractivity contribution is 5.33. The third kappa shape index (κ3) is 2.70. The highest BCUT2D eigenvalue weighted by atomic mass is 19.1. The molecule has 0 radical (unpaired) electrons. The molecule has 0 aromatic heterocycles. The molecule has 0 saturated carbocycles. The summed E-state index contributed by atoms with van der Waals surface area (Å²) in [6.07, 6.45) is 0. The number of hydrogen-bond donors (Lipinski definition) is 1. The van der Waals surface area contributed by atoms with E-state index in [-0.39, 0.29) is 12.4 Å². The van der Waals surface area contributed by atoms with Crippen molar-refractivity contribution in [2.45, 2.75) is 0 Å². The van der Waals surface area contributed by atoms with Gasteiger partial charge in [0.1, 0.15) is 12.4 Å². The SMILES string of the molecule is NOCC#Cc1ccc(F)cc1. The molecule has 1 aromatic rings. The zero-order valence-corrected chi connectivity index (χ0v) is 6.38. The summed E-state index contributed by atoms with van der Waals surface area (Å²) in [6, 6.07) is 5.90. The van der Waals surface area contributed by atoms with E-state index in [1.807, 2.05) is 0 Å². The van der Waals surface area contributed by atoms with Crippen molar-refractivity contribution in [3.63, 3.8) is 0 Å². The van der Waals surface area contributed by atoms with Gasteiger partial charge in [-0.1, -0.05) is 11.8 Å². The molecule has 1 aromatic carbocycles. The van der Waals surface area contributed by atoms with Gasteiger partial charge >= 0.3 is 0 Å². The van der Waals surface area contributed by atoms with E-state index in [4.69, 9.17) is 5.90 Å². The maximum absolute atomic E-state index is 12.4. The smallest absolute Gasteiger partial charge is 0.129 e. The van der Waals surface area contributed by atoms with Crippen LogP contribution in [0.15, 0.2) is 24.3 Å². The lowest BCUT2D eigenvalue weighted by atomic mass is 10.2. The maximum atomic E-state index is 12.4. The minimum atomic E-state index is -0.268. The quantitative estimate of drug-likeness (QED) is 0.499. The average Bonchev–Trinajstić information content (AvgIpc) is 2.09. The van der Waals surface area contributed by atoms with E-state index in [9.17, 15) is 4.39 Å². The van der Waals surface area contributed by atoms with E-state index in [2.05, 4.69) is 16.7 Å². The Hall–Kier alpha value is -1.37. The van der Waals surface area contributed by atoms with Crippen molar-refractivity contribution >= 4 is 0 Å². The summed E-state index contributed by atoms with van der Waals surface area (Å²) in [7, 11) is 0. The molecule has 0 atom stereocenters. The molecule has 0 amide bonds. The second-order valence-electron chi connectivity index (χ2n) is 2.12. The first-order chi connectivity index (χ1) is 5.83. The monoisotopic (exact) mass is 165 g/mol. The molecule has 3 heteroatoms. The highest BCUT2D eigenvalue weighted by Crippen LogP contribution is 1.99. The zero-order valence-electron chi connectivity index (χ0n) is 6.38. The van der Waals surface area contributed by atoms with Crippen LogP contribution >= 0.6 is 0 Å².